The summed E-state index contributed by atoms with van der Waals surface area (Å²) in [4.78, 5) is 22.5. The predicted molar refractivity (Wildman–Crippen MR) is 56.4 cm³/mol. The van der Waals surface area contributed by atoms with Gasteiger partial charge in [-0.15, -0.1) is 0 Å². The first-order valence-electron chi connectivity index (χ1n) is 4.77. The first-order chi connectivity index (χ1) is 7.09. The number of nitrogens with one attached hydrogen (secondary N) is 2. The van der Waals surface area contributed by atoms with Crippen LogP contribution in [0.3, 0.4) is 0 Å². The minimum Gasteiger partial charge on any atom is -0.341 e. The van der Waals surface area contributed by atoms with Gasteiger partial charge < -0.3 is 10.6 Å². The van der Waals surface area contributed by atoms with Crippen LogP contribution in [0.25, 0.3) is 0 Å². The third kappa shape index (κ3) is 1.58. The average molecular weight is 204 g/mol. The molecule has 0 spiro atoms. The lowest BCUT2D eigenvalue weighted by atomic mass is 10.1. The average Bonchev–Trinajstić information content (AvgIpc) is 2.45. The largest absolute Gasteiger partial charge is 0.341 e. The number of fused-ring (bicyclic) bond motifs is 1. The Kier molecular flexibility index (Phi) is 2.19. The van der Waals surface area contributed by atoms with Gasteiger partial charge in [-0.1, -0.05) is 18.2 Å². The molecule has 2 rings (SSSR count). The molecular formula is C11H12N2O2. The second-order valence-corrected chi connectivity index (χ2v) is 3.66. The lowest BCUT2D eigenvalue weighted by Gasteiger charge is -2.09. The third-order valence-corrected chi connectivity index (χ3v) is 2.47. The Bertz CT molecular complexity index is 440. The van der Waals surface area contributed by atoms with Crippen LogP contribution in [0, 0.1) is 6.92 Å². The molecule has 1 aromatic carbocycles. The zero-order valence-electron chi connectivity index (χ0n) is 8.63. The number of hydrogen-bond donors (Lipinski definition) is 2. The van der Waals surface area contributed by atoms with Gasteiger partial charge in [-0.2, -0.15) is 0 Å². The molecule has 1 heterocycles. The van der Waals surface area contributed by atoms with Gasteiger partial charge >= 0.3 is 0 Å². The van der Waals surface area contributed by atoms with E-state index in [1.165, 1.54) is 6.92 Å². The van der Waals surface area contributed by atoms with Crippen molar-refractivity contribution >= 4 is 17.5 Å². The maximum absolute atomic E-state index is 11.6. The van der Waals surface area contributed by atoms with Crippen LogP contribution in [0.1, 0.15) is 24.1 Å². The number of anilines is 1. The van der Waals surface area contributed by atoms with E-state index < -0.39 is 6.04 Å². The molecule has 1 atom stereocenters. The number of carbonyl (C=O) groups excluding carboxylic acids is 2. The van der Waals surface area contributed by atoms with Crippen LogP contribution in [-0.4, -0.2) is 11.8 Å². The number of hydrogen-bond acceptors (Lipinski definition) is 2. The van der Waals surface area contributed by atoms with Crippen molar-refractivity contribution in [3.05, 3.63) is 29.3 Å². The van der Waals surface area contributed by atoms with E-state index in [1.807, 2.05) is 25.1 Å². The van der Waals surface area contributed by atoms with Gasteiger partial charge in [0, 0.05) is 18.2 Å². The number of benzene rings is 1. The van der Waals surface area contributed by atoms with Crippen molar-refractivity contribution in [3.8, 4) is 0 Å². The van der Waals surface area contributed by atoms with Crippen molar-refractivity contribution in [1.82, 2.24) is 5.32 Å². The minimum absolute atomic E-state index is 0.172. The summed E-state index contributed by atoms with van der Waals surface area (Å²) in [6.45, 7) is 3.33. The van der Waals surface area contributed by atoms with E-state index in [1.54, 1.807) is 0 Å². The lowest BCUT2D eigenvalue weighted by Crippen LogP contribution is -2.30. The Balaban J connectivity index is 2.41. The van der Waals surface area contributed by atoms with Gasteiger partial charge in [0.25, 0.3) is 5.91 Å². The molecule has 0 saturated heterocycles. The van der Waals surface area contributed by atoms with Crippen molar-refractivity contribution in [3.63, 3.8) is 0 Å². The SMILES string of the molecule is CC(=O)N[C@@H]1C(=O)Nc2c(C)cccc21. The first-order valence-corrected chi connectivity index (χ1v) is 4.77. The number of para-hydroxylation sites is 1. The summed E-state index contributed by atoms with van der Waals surface area (Å²) in [5.41, 5.74) is 2.67. The minimum atomic E-state index is -0.544. The summed E-state index contributed by atoms with van der Waals surface area (Å²) >= 11 is 0. The van der Waals surface area contributed by atoms with Crippen LogP contribution < -0.4 is 10.6 Å². The lowest BCUT2D eigenvalue weighted by molar-refractivity contribution is -0.124. The second kappa shape index (κ2) is 3.38. The molecular weight excluding hydrogens is 192 g/mol. The normalized spacial score (nSPS) is 18.3. The molecule has 15 heavy (non-hydrogen) atoms. The van der Waals surface area contributed by atoms with E-state index in [9.17, 15) is 9.59 Å². The quantitative estimate of drug-likeness (QED) is 0.720. The van der Waals surface area contributed by atoms with E-state index in [4.69, 9.17) is 0 Å². The molecule has 2 N–H and O–H groups in total. The number of carbonyl (C=O) groups is 2. The fourth-order valence-corrected chi connectivity index (χ4v) is 1.78. The van der Waals surface area contributed by atoms with Crippen LogP contribution in [0.5, 0.6) is 0 Å². The Morgan fingerprint density at radius 1 is 1.47 bits per heavy atom. The molecule has 1 aliphatic heterocycles. The Morgan fingerprint density at radius 3 is 2.87 bits per heavy atom. The van der Waals surface area contributed by atoms with Gasteiger partial charge in [-0.25, -0.2) is 0 Å². The molecule has 0 unspecified atom stereocenters. The predicted octanol–water partition coefficient (Wildman–Crippen LogP) is 1.12. The molecule has 0 saturated carbocycles. The molecule has 78 valence electrons. The fourth-order valence-electron chi connectivity index (χ4n) is 1.78. The Hall–Kier alpha value is -1.84. The summed E-state index contributed by atoms with van der Waals surface area (Å²) in [5, 5.41) is 5.39. The maximum Gasteiger partial charge on any atom is 0.251 e. The standard InChI is InChI=1S/C11H12N2O2/c1-6-4-3-5-8-9(6)13-11(15)10(8)12-7(2)14/h3-5,10H,1-2H3,(H,12,14)(H,13,15)/t10-/m0/s1. The van der Waals surface area contributed by atoms with Crippen molar-refractivity contribution in [2.75, 3.05) is 5.32 Å². The highest BCUT2D eigenvalue weighted by Gasteiger charge is 2.31. The summed E-state index contributed by atoms with van der Waals surface area (Å²) in [6.07, 6.45) is 0. The molecule has 1 aliphatic rings. The molecule has 0 radical (unpaired) electrons. The highest BCUT2D eigenvalue weighted by atomic mass is 16.2. The highest BCUT2D eigenvalue weighted by Crippen LogP contribution is 2.32. The Labute approximate surface area is 87.7 Å². The van der Waals surface area contributed by atoms with E-state index in [2.05, 4.69) is 10.6 Å². The smallest absolute Gasteiger partial charge is 0.251 e. The van der Waals surface area contributed by atoms with Crippen LogP contribution in [-0.2, 0) is 9.59 Å². The van der Waals surface area contributed by atoms with Gasteiger partial charge in [0.15, 0.2) is 0 Å². The van der Waals surface area contributed by atoms with Crippen LogP contribution in [0.15, 0.2) is 18.2 Å². The van der Waals surface area contributed by atoms with Gasteiger partial charge in [-0.05, 0) is 12.5 Å². The van der Waals surface area contributed by atoms with E-state index in [0.29, 0.717) is 0 Å². The summed E-state index contributed by atoms with van der Waals surface area (Å²) in [6, 6.07) is 5.11. The number of aryl methyl sites for hydroxylation is 1. The molecule has 0 aromatic heterocycles. The van der Waals surface area contributed by atoms with Crippen LogP contribution in [0.2, 0.25) is 0 Å². The maximum atomic E-state index is 11.6. The molecule has 0 fully saturated rings. The van der Waals surface area contributed by atoms with Crippen LogP contribution >= 0.6 is 0 Å². The highest BCUT2D eigenvalue weighted by molar-refractivity contribution is 6.04. The monoisotopic (exact) mass is 204 g/mol. The number of rotatable bonds is 1. The van der Waals surface area contributed by atoms with E-state index in [0.717, 1.165) is 16.8 Å². The molecule has 0 aliphatic carbocycles. The molecule has 4 heteroatoms. The fraction of sp³-hybridized carbons (Fsp3) is 0.273. The van der Waals surface area contributed by atoms with Gasteiger partial charge in [0.2, 0.25) is 5.91 Å². The molecule has 1 aromatic rings. The van der Waals surface area contributed by atoms with Crippen molar-refractivity contribution in [1.29, 1.82) is 0 Å². The van der Waals surface area contributed by atoms with Gasteiger partial charge in [0.05, 0.1) is 0 Å². The van der Waals surface area contributed by atoms with E-state index >= 15 is 0 Å². The van der Waals surface area contributed by atoms with E-state index in [-0.39, 0.29) is 11.8 Å². The van der Waals surface area contributed by atoms with Crippen molar-refractivity contribution in [2.45, 2.75) is 19.9 Å². The van der Waals surface area contributed by atoms with Gasteiger partial charge in [-0.3, -0.25) is 9.59 Å². The van der Waals surface area contributed by atoms with Crippen molar-refractivity contribution in [2.24, 2.45) is 0 Å². The summed E-state index contributed by atoms with van der Waals surface area (Å²) < 4.78 is 0. The third-order valence-electron chi connectivity index (χ3n) is 2.47. The first kappa shape index (κ1) is 9.71. The zero-order valence-corrected chi connectivity index (χ0v) is 8.63. The molecule has 0 bridgehead atoms. The summed E-state index contributed by atoms with van der Waals surface area (Å²) in [7, 11) is 0. The second-order valence-electron chi connectivity index (χ2n) is 3.66. The summed E-state index contributed by atoms with van der Waals surface area (Å²) in [5.74, 6) is -0.376. The Morgan fingerprint density at radius 2 is 2.20 bits per heavy atom. The molecule has 2 amide bonds. The zero-order chi connectivity index (χ0) is 11.0. The topological polar surface area (TPSA) is 58.2 Å². The van der Waals surface area contributed by atoms with Crippen molar-refractivity contribution < 1.29 is 9.59 Å². The van der Waals surface area contributed by atoms with Gasteiger partial charge in [0.1, 0.15) is 6.04 Å². The van der Waals surface area contributed by atoms with Crippen LogP contribution in [0.4, 0.5) is 5.69 Å². The molecule has 4 nitrogen and oxygen atoms in total. The number of amides is 2.